The molecule has 0 amide bonds. The molecule has 0 atom stereocenters. The van der Waals surface area contributed by atoms with Gasteiger partial charge in [-0.2, -0.15) is 5.26 Å². The number of nitrogens with zero attached hydrogens (tertiary/aromatic N) is 1. The van der Waals surface area contributed by atoms with E-state index in [1.165, 1.54) is 5.56 Å². The molecule has 1 fully saturated rings. The van der Waals surface area contributed by atoms with E-state index in [-0.39, 0.29) is 11.1 Å². The highest BCUT2D eigenvalue weighted by Crippen LogP contribution is 2.28. The summed E-state index contributed by atoms with van der Waals surface area (Å²) in [5, 5.41) is 31.0. The molecule has 26 heavy (non-hydrogen) atoms. The van der Waals surface area contributed by atoms with Crippen LogP contribution in [0, 0.1) is 11.3 Å². The van der Waals surface area contributed by atoms with Gasteiger partial charge in [-0.1, -0.05) is 12.1 Å². The summed E-state index contributed by atoms with van der Waals surface area (Å²) in [4.78, 5) is 18.2. The molecular formula is C19H27N3O4. The van der Waals surface area contributed by atoms with E-state index in [1.54, 1.807) is 0 Å². The van der Waals surface area contributed by atoms with Gasteiger partial charge in [0, 0.05) is 23.7 Å². The van der Waals surface area contributed by atoms with Crippen molar-refractivity contribution in [3.05, 3.63) is 35.4 Å². The summed E-state index contributed by atoms with van der Waals surface area (Å²) in [5.41, 5.74) is 2.30. The van der Waals surface area contributed by atoms with E-state index in [0.717, 1.165) is 24.9 Å². The molecule has 0 unspecified atom stereocenters. The number of carboxylic acids is 2. The molecule has 2 rings (SSSR count). The zero-order chi connectivity index (χ0) is 20.0. The van der Waals surface area contributed by atoms with Crippen molar-refractivity contribution in [2.75, 3.05) is 0 Å². The SMILES string of the molecule is CC1(C)CC(NCc2ccc(C#N)cc2)CC(C)(C)N1.O=C(O)C(=O)O. The fourth-order valence-corrected chi connectivity index (χ4v) is 3.43. The third-order valence-corrected chi connectivity index (χ3v) is 4.05. The first-order chi connectivity index (χ1) is 11.9. The van der Waals surface area contributed by atoms with Crippen molar-refractivity contribution >= 4 is 11.9 Å². The Hall–Kier alpha value is -2.43. The molecule has 1 aliphatic heterocycles. The Morgan fingerprint density at radius 1 is 1.12 bits per heavy atom. The molecule has 7 heteroatoms. The largest absolute Gasteiger partial charge is 0.473 e. The van der Waals surface area contributed by atoms with Crippen LogP contribution in [0.1, 0.15) is 51.7 Å². The molecule has 1 aliphatic rings. The van der Waals surface area contributed by atoms with Gasteiger partial charge in [0.25, 0.3) is 0 Å². The van der Waals surface area contributed by atoms with Gasteiger partial charge in [0.2, 0.25) is 0 Å². The number of rotatable bonds is 3. The Labute approximate surface area is 154 Å². The van der Waals surface area contributed by atoms with Crippen LogP contribution < -0.4 is 10.6 Å². The van der Waals surface area contributed by atoms with Crippen molar-refractivity contribution < 1.29 is 19.8 Å². The van der Waals surface area contributed by atoms with Crippen LogP contribution in [0.4, 0.5) is 0 Å². The molecule has 1 aromatic carbocycles. The molecule has 142 valence electrons. The van der Waals surface area contributed by atoms with Crippen molar-refractivity contribution in [3.63, 3.8) is 0 Å². The molecule has 1 aromatic rings. The summed E-state index contributed by atoms with van der Waals surface area (Å²) in [6.45, 7) is 9.94. The number of benzene rings is 1. The maximum atomic E-state index is 9.10. The molecule has 7 nitrogen and oxygen atoms in total. The topological polar surface area (TPSA) is 122 Å². The lowest BCUT2D eigenvalue weighted by Crippen LogP contribution is -2.61. The molecule has 4 N–H and O–H groups in total. The van der Waals surface area contributed by atoms with E-state index in [2.05, 4.69) is 44.4 Å². The van der Waals surface area contributed by atoms with Gasteiger partial charge in [-0.15, -0.1) is 0 Å². The van der Waals surface area contributed by atoms with E-state index in [4.69, 9.17) is 25.1 Å². The fourth-order valence-electron chi connectivity index (χ4n) is 3.43. The van der Waals surface area contributed by atoms with Crippen molar-refractivity contribution in [1.29, 1.82) is 5.26 Å². The van der Waals surface area contributed by atoms with Crippen LogP contribution in [-0.4, -0.2) is 39.3 Å². The summed E-state index contributed by atoms with van der Waals surface area (Å²) in [6.07, 6.45) is 2.26. The number of hydrogen-bond donors (Lipinski definition) is 4. The lowest BCUT2D eigenvalue weighted by molar-refractivity contribution is -0.159. The molecule has 0 saturated carbocycles. The van der Waals surface area contributed by atoms with Gasteiger partial charge in [0.15, 0.2) is 0 Å². The van der Waals surface area contributed by atoms with Crippen molar-refractivity contribution in [3.8, 4) is 6.07 Å². The van der Waals surface area contributed by atoms with E-state index >= 15 is 0 Å². The Morgan fingerprint density at radius 3 is 1.96 bits per heavy atom. The van der Waals surface area contributed by atoms with E-state index in [1.807, 2.05) is 24.3 Å². The second kappa shape index (κ2) is 8.79. The highest BCUT2D eigenvalue weighted by atomic mass is 16.4. The smallest absolute Gasteiger partial charge is 0.414 e. The van der Waals surface area contributed by atoms with Crippen molar-refractivity contribution in [1.82, 2.24) is 10.6 Å². The van der Waals surface area contributed by atoms with E-state index in [0.29, 0.717) is 6.04 Å². The molecule has 0 bridgehead atoms. The number of carbonyl (C=O) groups is 2. The van der Waals surface area contributed by atoms with E-state index < -0.39 is 11.9 Å². The van der Waals surface area contributed by atoms with Crippen LogP contribution in [0.15, 0.2) is 24.3 Å². The normalized spacial score (nSPS) is 18.1. The van der Waals surface area contributed by atoms with Gasteiger partial charge in [0.05, 0.1) is 11.6 Å². The molecular weight excluding hydrogens is 334 g/mol. The third kappa shape index (κ3) is 7.64. The predicted octanol–water partition coefficient (Wildman–Crippen LogP) is 2.11. The van der Waals surface area contributed by atoms with Gasteiger partial charge >= 0.3 is 11.9 Å². The molecule has 1 heterocycles. The Balaban J connectivity index is 0.000000487. The minimum absolute atomic E-state index is 0.171. The minimum atomic E-state index is -1.82. The summed E-state index contributed by atoms with van der Waals surface area (Å²) >= 11 is 0. The number of piperidine rings is 1. The number of nitrogens with one attached hydrogen (secondary N) is 2. The molecule has 0 radical (unpaired) electrons. The third-order valence-electron chi connectivity index (χ3n) is 4.05. The van der Waals surface area contributed by atoms with Crippen LogP contribution in [0.25, 0.3) is 0 Å². The summed E-state index contributed by atoms with van der Waals surface area (Å²) in [5.74, 6) is -3.65. The molecule has 0 spiro atoms. The number of aliphatic carboxylic acids is 2. The quantitative estimate of drug-likeness (QED) is 0.608. The first-order valence-electron chi connectivity index (χ1n) is 8.42. The van der Waals surface area contributed by atoms with Crippen molar-refractivity contribution in [2.45, 2.75) is 64.2 Å². The first-order valence-corrected chi connectivity index (χ1v) is 8.42. The average molecular weight is 361 g/mol. The van der Waals surface area contributed by atoms with Crippen LogP contribution in [0.5, 0.6) is 0 Å². The minimum Gasteiger partial charge on any atom is -0.473 e. The maximum absolute atomic E-state index is 9.10. The highest BCUT2D eigenvalue weighted by Gasteiger charge is 2.37. The zero-order valence-corrected chi connectivity index (χ0v) is 15.7. The molecule has 0 aliphatic carbocycles. The Morgan fingerprint density at radius 2 is 1.58 bits per heavy atom. The second-order valence-corrected chi connectivity index (χ2v) is 7.80. The van der Waals surface area contributed by atoms with Gasteiger partial charge in [-0.25, -0.2) is 9.59 Å². The summed E-state index contributed by atoms with van der Waals surface area (Å²) < 4.78 is 0. The highest BCUT2D eigenvalue weighted by molar-refractivity contribution is 6.27. The second-order valence-electron chi connectivity index (χ2n) is 7.80. The maximum Gasteiger partial charge on any atom is 0.414 e. The predicted molar refractivity (Wildman–Crippen MR) is 97.6 cm³/mol. The number of nitriles is 1. The number of carboxylic acid groups (broad SMARTS) is 2. The summed E-state index contributed by atoms with van der Waals surface area (Å²) in [6, 6.07) is 10.5. The standard InChI is InChI=1S/C17H25N3.C2H2O4/c1-16(2)9-15(10-17(3,4)20-16)19-12-14-7-5-13(11-18)6-8-14;3-1(4)2(5)6/h5-8,15,19-20H,9-10,12H2,1-4H3;(H,3,4)(H,5,6). The average Bonchev–Trinajstić information content (AvgIpc) is 2.51. The lowest BCUT2D eigenvalue weighted by Gasteiger charge is -2.46. The van der Waals surface area contributed by atoms with Crippen molar-refractivity contribution in [2.24, 2.45) is 0 Å². The molecule has 1 saturated heterocycles. The monoisotopic (exact) mass is 361 g/mol. The van der Waals surface area contributed by atoms with E-state index in [9.17, 15) is 0 Å². The Kier molecular flexibility index (Phi) is 7.30. The lowest BCUT2D eigenvalue weighted by atomic mass is 9.79. The fraction of sp³-hybridized carbons (Fsp3) is 0.526. The zero-order valence-electron chi connectivity index (χ0n) is 15.7. The van der Waals surface area contributed by atoms with Gasteiger partial charge in [0.1, 0.15) is 0 Å². The molecule has 0 aromatic heterocycles. The van der Waals surface area contributed by atoms with Gasteiger partial charge in [-0.3, -0.25) is 0 Å². The first kappa shape index (κ1) is 21.6. The van der Waals surface area contributed by atoms with Crippen LogP contribution in [-0.2, 0) is 16.1 Å². The van der Waals surface area contributed by atoms with Crippen LogP contribution in [0.2, 0.25) is 0 Å². The van der Waals surface area contributed by atoms with Crippen LogP contribution >= 0.6 is 0 Å². The Bertz CT molecular complexity index is 647. The number of hydrogen-bond acceptors (Lipinski definition) is 5. The summed E-state index contributed by atoms with van der Waals surface area (Å²) in [7, 11) is 0. The van der Waals surface area contributed by atoms with Gasteiger partial charge < -0.3 is 20.8 Å². The van der Waals surface area contributed by atoms with Crippen LogP contribution in [0.3, 0.4) is 0 Å². The van der Waals surface area contributed by atoms with Gasteiger partial charge in [-0.05, 0) is 58.2 Å².